The van der Waals surface area contributed by atoms with Crippen LogP contribution in [-0.2, 0) is 18.0 Å². The second kappa shape index (κ2) is 13.0. The second-order valence-electron chi connectivity index (χ2n) is 9.06. The van der Waals surface area contributed by atoms with Crippen molar-refractivity contribution in [1.82, 2.24) is 0 Å². The molecule has 1 amide bonds. The van der Waals surface area contributed by atoms with E-state index in [2.05, 4.69) is 5.32 Å². The van der Waals surface area contributed by atoms with Crippen molar-refractivity contribution in [2.75, 3.05) is 12.4 Å². The largest absolute Gasteiger partial charge is 0.493 e. The fourth-order valence-corrected chi connectivity index (χ4v) is 3.94. The summed E-state index contributed by atoms with van der Waals surface area (Å²) in [5.74, 6) is 1.51. The van der Waals surface area contributed by atoms with Crippen LogP contribution in [0.5, 0.6) is 17.2 Å². The van der Waals surface area contributed by atoms with Gasteiger partial charge in [0.15, 0.2) is 11.5 Å². The molecule has 1 N–H and O–H groups in total. The highest BCUT2D eigenvalue weighted by molar-refractivity contribution is 6.10. The van der Waals surface area contributed by atoms with Crippen molar-refractivity contribution in [1.29, 1.82) is 5.26 Å². The molecule has 0 fully saturated rings. The minimum absolute atomic E-state index is 0.0188. The monoisotopic (exact) mass is 518 g/mol. The number of nitrogens with one attached hydrogen (secondary N) is 1. The van der Waals surface area contributed by atoms with Gasteiger partial charge in [-0.25, -0.2) is 0 Å². The van der Waals surface area contributed by atoms with Crippen molar-refractivity contribution in [2.24, 2.45) is 0 Å². The van der Waals surface area contributed by atoms with Gasteiger partial charge in [0.2, 0.25) is 0 Å². The van der Waals surface area contributed by atoms with Crippen LogP contribution in [0.25, 0.3) is 6.08 Å². The van der Waals surface area contributed by atoms with E-state index in [1.807, 2.05) is 86.6 Å². The topological polar surface area (TPSA) is 80.6 Å². The summed E-state index contributed by atoms with van der Waals surface area (Å²) >= 11 is 0. The van der Waals surface area contributed by atoms with Gasteiger partial charge >= 0.3 is 0 Å². The van der Waals surface area contributed by atoms with E-state index < -0.39 is 5.91 Å². The lowest BCUT2D eigenvalue weighted by Gasteiger charge is -2.13. The number of methoxy groups -OCH3 is 1. The first kappa shape index (κ1) is 27.0. The van der Waals surface area contributed by atoms with Gasteiger partial charge in [0, 0.05) is 5.69 Å². The molecule has 0 aliphatic rings. The molecule has 6 nitrogen and oxygen atoms in total. The molecule has 0 unspecified atom stereocenters. The summed E-state index contributed by atoms with van der Waals surface area (Å²) in [6.45, 7) is 4.70. The van der Waals surface area contributed by atoms with Crippen molar-refractivity contribution in [3.63, 3.8) is 0 Å². The molecule has 4 aromatic carbocycles. The number of nitrogens with zero attached hydrogens (tertiary/aromatic N) is 1. The van der Waals surface area contributed by atoms with Crippen LogP contribution in [0.15, 0.2) is 96.6 Å². The van der Waals surface area contributed by atoms with Crippen LogP contribution in [-0.4, -0.2) is 13.0 Å². The number of rotatable bonds is 10. The maximum absolute atomic E-state index is 12.7. The number of aryl methyl sites for hydroxylation is 2. The van der Waals surface area contributed by atoms with Crippen LogP contribution in [0.4, 0.5) is 5.69 Å². The SMILES string of the molecule is COc1cc(COc2ccc(/C=C(\C#N)C(=O)Nc3ccc(C)cc3C)cc2)ccc1OCc1ccccc1. The fraction of sp³-hybridized carbons (Fsp3) is 0.152. The zero-order chi connectivity index (χ0) is 27.6. The number of hydrogen-bond acceptors (Lipinski definition) is 5. The van der Waals surface area contributed by atoms with E-state index in [0.717, 1.165) is 27.8 Å². The normalized spacial score (nSPS) is 10.9. The average molecular weight is 519 g/mol. The van der Waals surface area contributed by atoms with E-state index >= 15 is 0 Å². The molecule has 0 aliphatic carbocycles. The van der Waals surface area contributed by atoms with Gasteiger partial charge in [0.05, 0.1) is 7.11 Å². The Morgan fingerprint density at radius 1 is 0.846 bits per heavy atom. The van der Waals surface area contributed by atoms with Crippen molar-refractivity contribution in [3.8, 4) is 23.3 Å². The third kappa shape index (κ3) is 7.50. The Labute approximate surface area is 229 Å². The average Bonchev–Trinajstić information content (AvgIpc) is 2.96. The molecular formula is C33H30N2O4. The molecular weight excluding hydrogens is 488 g/mol. The van der Waals surface area contributed by atoms with Crippen LogP contribution < -0.4 is 19.5 Å². The molecule has 0 aliphatic heterocycles. The van der Waals surface area contributed by atoms with E-state index in [-0.39, 0.29) is 5.57 Å². The van der Waals surface area contributed by atoms with Gasteiger partial charge in [-0.15, -0.1) is 0 Å². The summed E-state index contributed by atoms with van der Waals surface area (Å²) in [5, 5.41) is 12.4. The lowest BCUT2D eigenvalue weighted by Crippen LogP contribution is -2.14. The Bertz CT molecular complexity index is 1500. The summed E-state index contributed by atoms with van der Waals surface area (Å²) in [6.07, 6.45) is 1.56. The Hall–Kier alpha value is -5.02. The molecule has 0 bridgehead atoms. The Kier molecular flexibility index (Phi) is 8.99. The molecule has 196 valence electrons. The molecule has 0 aromatic heterocycles. The lowest BCUT2D eigenvalue weighted by atomic mass is 10.1. The summed E-state index contributed by atoms with van der Waals surface area (Å²) in [5.41, 5.74) is 5.47. The molecule has 4 rings (SSSR count). The number of ether oxygens (including phenoxy) is 3. The van der Waals surface area contributed by atoms with Crippen LogP contribution >= 0.6 is 0 Å². The van der Waals surface area contributed by atoms with Crippen LogP contribution in [0.3, 0.4) is 0 Å². The van der Waals surface area contributed by atoms with Gasteiger partial charge in [-0.2, -0.15) is 5.26 Å². The van der Waals surface area contributed by atoms with Crippen LogP contribution in [0, 0.1) is 25.2 Å². The van der Waals surface area contributed by atoms with Gasteiger partial charge < -0.3 is 19.5 Å². The van der Waals surface area contributed by atoms with Gasteiger partial charge in [-0.1, -0.05) is 66.2 Å². The van der Waals surface area contributed by atoms with E-state index in [4.69, 9.17) is 14.2 Å². The highest BCUT2D eigenvalue weighted by atomic mass is 16.5. The molecule has 39 heavy (non-hydrogen) atoms. The molecule has 0 saturated heterocycles. The first-order valence-electron chi connectivity index (χ1n) is 12.5. The highest BCUT2D eigenvalue weighted by Crippen LogP contribution is 2.29. The highest BCUT2D eigenvalue weighted by Gasteiger charge is 2.11. The number of amides is 1. The molecule has 4 aromatic rings. The van der Waals surface area contributed by atoms with Gasteiger partial charge in [-0.3, -0.25) is 4.79 Å². The number of hydrogen-bond donors (Lipinski definition) is 1. The summed E-state index contributed by atoms with van der Waals surface area (Å²) < 4.78 is 17.4. The van der Waals surface area contributed by atoms with E-state index in [1.165, 1.54) is 0 Å². The Morgan fingerprint density at radius 2 is 1.59 bits per heavy atom. The van der Waals surface area contributed by atoms with Crippen LogP contribution in [0.2, 0.25) is 0 Å². The third-order valence-electron chi connectivity index (χ3n) is 6.06. The lowest BCUT2D eigenvalue weighted by molar-refractivity contribution is -0.112. The summed E-state index contributed by atoms with van der Waals surface area (Å²) in [4.78, 5) is 12.7. The predicted molar refractivity (Wildman–Crippen MR) is 153 cm³/mol. The number of benzene rings is 4. The summed E-state index contributed by atoms with van der Waals surface area (Å²) in [7, 11) is 1.61. The van der Waals surface area contributed by atoms with Crippen molar-refractivity contribution in [2.45, 2.75) is 27.1 Å². The van der Waals surface area contributed by atoms with Gasteiger partial charge in [-0.05, 0) is 72.5 Å². The first-order valence-corrected chi connectivity index (χ1v) is 12.5. The van der Waals surface area contributed by atoms with E-state index in [0.29, 0.717) is 36.1 Å². The zero-order valence-corrected chi connectivity index (χ0v) is 22.2. The number of nitriles is 1. The first-order chi connectivity index (χ1) is 18.9. The van der Waals surface area contributed by atoms with Crippen LogP contribution in [0.1, 0.15) is 27.8 Å². The molecule has 6 heteroatoms. The third-order valence-corrected chi connectivity index (χ3v) is 6.06. The van der Waals surface area contributed by atoms with Crippen molar-refractivity contribution >= 4 is 17.7 Å². The standard InChI is InChI=1S/C33H30N2O4/c1-23-9-15-30(24(2)17-23)35-33(36)28(20-34)18-25-10-13-29(14-11-25)38-22-27-12-16-31(32(19-27)37-3)39-21-26-7-5-4-6-8-26/h4-19H,21-22H2,1-3H3,(H,35,36)/b28-18+. The molecule has 0 saturated carbocycles. The van der Waals surface area contributed by atoms with Gasteiger partial charge in [0.25, 0.3) is 5.91 Å². The molecule has 0 radical (unpaired) electrons. The Balaban J connectivity index is 1.35. The zero-order valence-electron chi connectivity index (χ0n) is 22.2. The predicted octanol–water partition coefficient (Wildman–Crippen LogP) is 7.02. The van der Waals surface area contributed by atoms with Gasteiger partial charge in [0.1, 0.15) is 30.6 Å². The molecule has 0 spiro atoms. The number of anilines is 1. The van der Waals surface area contributed by atoms with E-state index in [9.17, 15) is 10.1 Å². The van der Waals surface area contributed by atoms with E-state index in [1.54, 1.807) is 37.5 Å². The second-order valence-corrected chi connectivity index (χ2v) is 9.06. The minimum Gasteiger partial charge on any atom is -0.493 e. The van der Waals surface area contributed by atoms with Crippen molar-refractivity contribution < 1.29 is 19.0 Å². The maximum Gasteiger partial charge on any atom is 0.266 e. The smallest absolute Gasteiger partial charge is 0.266 e. The minimum atomic E-state index is -0.449. The molecule has 0 heterocycles. The quantitative estimate of drug-likeness (QED) is 0.180. The fourth-order valence-electron chi connectivity index (χ4n) is 3.94. The number of carbonyl (C=O) groups is 1. The number of carbonyl (C=O) groups excluding carboxylic acids is 1. The summed E-state index contributed by atoms with van der Waals surface area (Å²) in [6, 6.07) is 30.6. The Morgan fingerprint density at radius 3 is 2.28 bits per heavy atom. The maximum atomic E-state index is 12.7. The molecule has 0 atom stereocenters. The van der Waals surface area contributed by atoms with Crippen molar-refractivity contribution in [3.05, 3.63) is 124 Å².